The van der Waals surface area contributed by atoms with Gasteiger partial charge < -0.3 is 4.90 Å². The number of carbonyl (C=O) groups is 1. The zero-order valence-electron chi connectivity index (χ0n) is 10.3. The van der Waals surface area contributed by atoms with Crippen molar-refractivity contribution in [1.82, 2.24) is 0 Å². The van der Waals surface area contributed by atoms with Gasteiger partial charge in [-0.25, -0.2) is 0 Å². The van der Waals surface area contributed by atoms with E-state index in [1.807, 2.05) is 24.3 Å². The van der Waals surface area contributed by atoms with Crippen molar-refractivity contribution in [2.45, 2.75) is 32.6 Å². The van der Waals surface area contributed by atoms with Crippen molar-refractivity contribution in [1.29, 1.82) is 0 Å². The molecule has 2 nitrogen and oxygen atoms in total. The molecule has 0 amide bonds. The van der Waals surface area contributed by atoms with Crippen LogP contribution in [0.25, 0.3) is 0 Å². The van der Waals surface area contributed by atoms with E-state index < -0.39 is 0 Å². The summed E-state index contributed by atoms with van der Waals surface area (Å²) in [5.74, 6) is 0. The van der Waals surface area contributed by atoms with Gasteiger partial charge in [-0.05, 0) is 30.7 Å². The molecular formula is C14H21NO. The molecule has 2 heteroatoms. The molecule has 0 atom stereocenters. The topological polar surface area (TPSA) is 20.3 Å². The lowest BCUT2D eigenvalue weighted by molar-refractivity contribution is 0.112. The third-order valence-corrected chi connectivity index (χ3v) is 2.82. The molecule has 0 aliphatic carbocycles. The summed E-state index contributed by atoms with van der Waals surface area (Å²) in [5, 5.41) is 0. The van der Waals surface area contributed by atoms with Crippen LogP contribution in [-0.4, -0.2) is 19.9 Å². The van der Waals surface area contributed by atoms with Crippen LogP contribution < -0.4 is 4.90 Å². The maximum atomic E-state index is 10.5. The fraction of sp³-hybridized carbons (Fsp3) is 0.500. The van der Waals surface area contributed by atoms with Gasteiger partial charge in [0, 0.05) is 24.8 Å². The first-order valence-corrected chi connectivity index (χ1v) is 6.04. The average Bonchev–Trinajstić information content (AvgIpc) is 2.34. The van der Waals surface area contributed by atoms with Crippen molar-refractivity contribution in [3.8, 4) is 0 Å². The first-order valence-electron chi connectivity index (χ1n) is 6.04. The van der Waals surface area contributed by atoms with E-state index in [0.717, 1.165) is 18.4 Å². The second-order valence-electron chi connectivity index (χ2n) is 4.19. The zero-order valence-corrected chi connectivity index (χ0v) is 10.3. The fourth-order valence-corrected chi connectivity index (χ4v) is 1.71. The highest BCUT2D eigenvalue weighted by Gasteiger charge is 2.00. The van der Waals surface area contributed by atoms with E-state index in [1.54, 1.807) is 0 Å². The Kier molecular flexibility index (Phi) is 5.62. The highest BCUT2D eigenvalue weighted by atomic mass is 16.1. The van der Waals surface area contributed by atoms with Crippen molar-refractivity contribution in [3.63, 3.8) is 0 Å². The quantitative estimate of drug-likeness (QED) is 0.516. The standard InChI is InChI=1S/C14H21NO/c1-3-4-5-6-11-15(2)14-9-7-13(12-16)8-10-14/h7-10,12H,3-6,11H2,1-2H3. The van der Waals surface area contributed by atoms with Crippen LogP contribution >= 0.6 is 0 Å². The van der Waals surface area contributed by atoms with Crippen LogP contribution in [0.5, 0.6) is 0 Å². The molecule has 0 aromatic heterocycles. The molecule has 0 radical (unpaired) electrons. The fourth-order valence-electron chi connectivity index (χ4n) is 1.71. The van der Waals surface area contributed by atoms with Crippen LogP contribution in [0, 0.1) is 0 Å². The Bertz CT molecular complexity index is 305. The molecule has 0 heterocycles. The third kappa shape index (κ3) is 4.05. The van der Waals surface area contributed by atoms with E-state index >= 15 is 0 Å². The summed E-state index contributed by atoms with van der Waals surface area (Å²) in [6.45, 7) is 3.31. The Labute approximate surface area is 98.3 Å². The Morgan fingerprint density at radius 1 is 1.12 bits per heavy atom. The summed E-state index contributed by atoms with van der Waals surface area (Å²) in [6.07, 6.45) is 6.01. The summed E-state index contributed by atoms with van der Waals surface area (Å²) in [6, 6.07) is 7.74. The van der Waals surface area contributed by atoms with Gasteiger partial charge in [-0.3, -0.25) is 4.79 Å². The minimum Gasteiger partial charge on any atom is -0.375 e. The molecule has 0 saturated carbocycles. The SMILES string of the molecule is CCCCCCN(C)c1ccc(C=O)cc1. The Hall–Kier alpha value is -1.31. The molecule has 0 fully saturated rings. The van der Waals surface area contributed by atoms with Crippen LogP contribution in [0.1, 0.15) is 43.0 Å². The van der Waals surface area contributed by atoms with Gasteiger partial charge in [-0.15, -0.1) is 0 Å². The third-order valence-electron chi connectivity index (χ3n) is 2.82. The van der Waals surface area contributed by atoms with E-state index in [9.17, 15) is 4.79 Å². The molecule has 0 aliphatic rings. The predicted octanol–water partition coefficient (Wildman–Crippen LogP) is 3.52. The Morgan fingerprint density at radius 3 is 2.38 bits per heavy atom. The molecule has 88 valence electrons. The van der Waals surface area contributed by atoms with E-state index in [-0.39, 0.29) is 0 Å². The highest BCUT2D eigenvalue weighted by Crippen LogP contribution is 2.14. The van der Waals surface area contributed by atoms with Crippen molar-refractivity contribution < 1.29 is 4.79 Å². The van der Waals surface area contributed by atoms with Crippen molar-refractivity contribution in [2.75, 3.05) is 18.5 Å². The van der Waals surface area contributed by atoms with Gasteiger partial charge in [0.2, 0.25) is 0 Å². The Morgan fingerprint density at radius 2 is 1.81 bits per heavy atom. The van der Waals surface area contributed by atoms with Crippen LogP contribution in [0.2, 0.25) is 0 Å². The van der Waals surface area contributed by atoms with Gasteiger partial charge in [-0.1, -0.05) is 26.2 Å². The van der Waals surface area contributed by atoms with Crippen LogP contribution in [-0.2, 0) is 0 Å². The lowest BCUT2D eigenvalue weighted by Gasteiger charge is -2.19. The second-order valence-corrected chi connectivity index (χ2v) is 4.19. The van der Waals surface area contributed by atoms with Gasteiger partial charge >= 0.3 is 0 Å². The summed E-state index contributed by atoms with van der Waals surface area (Å²) in [5.41, 5.74) is 1.92. The van der Waals surface area contributed by atoms with Crippen molar-refractivity contribution >= 4 is 12.0 Å². The van der Waals surface area contributed by atoms with E-state index in [1.165, 1.54) is 31.4 Å². The van der Waals surface area contributed by atoms with E-state index in [2.05, 4.69) is 18.9 Å². The minimum atomic E-state index is 0.739. The monoisotopic (exact) mass is 219 g/mol. The van der Waals surface area contributed by atoms with Crippen LogP contribution in [0.4, 0.5) is 5.69 Å². The number of nitrogens with zero attached hydrogens (tertiary/aromatic N) is 1. The molecule has 1 aromatic carbocycles. The second kappa shape index (κ2) is 7.04. The molecule has 0 saturated heterocycles. The smallest absolute Gasteiger partial charge is 0.150 e. The van der Waals surface area contributed by atoms with Gasteiger partial charge in [0.05, 0.1) is 0 Å². The number of carbonyl (C=O) groups excluding carboxylic acids is 1. The van der Waals surface area contributed by atoms with E-state index in [4.69, 9.17) is 0 Å². The van der Waals surface area contributed by atoms with Gasteiger partial charge in [0.15, 0.2) is 0 Å². The van der Waals surface area contributed by atoms with Crippen molar-refractivity contribution in [3.05, 3.63) is 29.8 Å². The molecule has 1 rings (SSSR count). The van der Waals surface area contributed by atoms with E-state index in [0.29, 0.717) is 0 Å². The lowest BCUT2D eigenvalue weighted by Crippen LogP contribution is -2.18. The Balaban J connectivity index is 2.39. The predicted molar refractivity (Wildman–Crippen MR) is 69.2 cm³/mol. The average molecular weight is 219 g/mol. The molecule has 0 N–H and O–H groups in total. The first-order chi connectivity index (χ1) is 7.77. The number of hydrogen-bond acceptors (Lipinski definition) is 2. The number of rotatable bonds is 7. The summed E-state index contributed by atoms with van der Waals surface area (Å²) in [7, 11) is 2.10. The van der Waals surface area contributed by atoms with Crippen molar-refractivity contribution in [2.24, 2.45) is 0 Å². The maximum absolute atomic E-state index is 10.5. The highest BCUT2D eigenvalue weighted by molar-refractivity contribution is 5.75. The summed E-state index contributed by atoms with van der Waals surface area (Å²) in [4.78, 5) is 12.8. The number of benzene rings is 1. The summed E-state index contributed by atoms with van der Waals surface area (Å²) < 4.78 is 0. The van der Waals surface area contributed by atoms with Gasteiger partial charge in [0.25, 0.3) is 0 Å². The molecule has 0 bridgehead atoms. The minimum absolute atomic E-state index is 0.739. The normalized spacial score (nSPS) is 10.1. The van der Waals surface area contributed by atoms with Crippen LogP contribution in [0.3, 0.4) is 0 Å². The molecular weight excluding hydrogens is 198 g/mol. The maximum Gasteiger partial charge on any atom is 0.150 e. The molecule has 16 heavy (non-hydrogen) atoms. The molecule has 1 aromatic rings. The van der Waals surface area contributed by atoms with Crippen LogP contribution in [0.15, 0.2) is 24.3 Å². The lowest BCUT2D eigenvalue weighted by atomic mass is 10.2. The molecule has 0 unspecified atom stereocenters. The number of aldehydes is 1. The number of hydrogen-bond donors (Lipinski definition) is 0. The number of anilines is 1. The largest absolute Gasteiger partial charge is 0.375 e. The van der Waals surface area contributed by atoms with Gasteiger partial charge in [-0.2, -0.15) is 0 Å². The number of unbranched alkanes of at least 4 members (excludes halogenated alkanes) is 3. The molecule has 0 aliphatic heterocycles. The van der Waals surface area contributed by atoms with Gasteiger partial charge in [0.1, 0.15) is 6.29 Å². The molecule has 0 spiro atoms. The first kappa shape index (κ1) is 12.8. The summed E-state index contributed by atoms with van der Waals surface area (Å²) >= 11 is 0. The zero-order chi connectivity index (χ0) is 11.8.